The number of hydrogen-bond acceptors (Lipinski definition) is 4. The summed E-state index contributed by atoms with van der Waals surface area (Å²) in [6, 6.07) is 3.03. The zero-order valence-corrected chi connectivity index (χ0v) is 7.57. The first-order valence-electron chi connectivity index (χ1n) is 3.78. The molecule has 72 valence electrons. The van der Waals surface area contributed by atoms with Crippen LogP contribution in [0.4, 0.5) is 0 Å². The average Bonchev–Trinajstić information content (AvgIpc) is 2.17. The first-order valence-corrected chi connectivity index (χ1v) is 3.78. The number of aromatic hydroxyl groups is 1. The molecule has 0 saturated heterocycles. The molecule has 0 aromatic heterocycles. The van der Waals surface area contributed by atoms with Crippen LogP contribution in [0.2, 0.25) is 0 Å². The molecule has 0 unspecified atom stereocenters. The molecule has 1 aromatic carbocycles. The van der Waals surface area contributed by atoms with Crippen molar-refractivity contribution in [2.45, 2.75) is 6.61 Å². The number of benzene rings is 1. The van der Waals surface area contributed by atoms with Crippen LogP contribution in [0.1, 0.15) is 5.56 Å². The third kappa shape index (κ3) is 1.67. The Morgan fingerprint density at radius 1 is 1.15 bits per heavy atom. The minimum atomic E-state index is -0.153. The third-order valence-electron chi connectivity index (χ3n) is 1.75. The first kappa shape index (κ1) is 9.67. The predicted molar refractivity (Wildman–Crippen MR) is 47.1 cm³/mol. The van der Waals surface area contributed by atoms with Crippen LogP contribution in [0, 0.1) is 0 Å². The van der Waals surface area contributed by atoms with Crippen molar-refractivity contribution in [1.82, 2.24) is 0 Å². The van der Waals surface area contributed by atoms with Crippen molar-refractivity contribution in [3.8, 4) is 17.2 Å². The van der Waals surface area contributed by atoms with E-state index in [2.05, 4.69) is 0 Å². The van der Waals surface area contributed by atoms with Gasteiger partial charge in [0, 0.05) is 5.56 Å². The van der Waals surface area contributed by atoms with E-state index >= 15 is 0 Å². The summed E-state index contributed by atoms with van der Waals surface area (Å²) in [5, 5.41) is 18.3. The number of aliphatic hydroxyl groups excluding tert-OH is 1. The van der Waals surface area contributed by atoms with Crippen LogP contribution in [-0.4, -0.2) is 24.4 Å². The van der Waals surface area contributed by atoms with Gasteiger partial charge in [0.15, 0.2) is 11.5 Å². The van der Waals surface area contributed by atoms with E-state index in [1.165, 1.54) is 20.3 Å². The molecule has 0 aliphatic heterocycles. The van der Waals surface area contributed by atoms with Crippen LogP contribution in [0.5, 0.6) is 17.2 Å². The van der Waals surface area contributed by atoms with E-state index in [1.807, 2.05) is 0 Å². The summed E-state index contributed by atoms with van der Waals surface area (Å²) in [6.45, 7) is -0.153. The van der Waals surface area contributed by atoms with Crippen LogP contribution in [-0.2, 0) is 6.61 Å². The SMILES string of the molecule is COc1c(O)ccc(CO)c1OC. The van der Waals surface area contributed by atoms with Crippen molar-refractivity contribution in [2.24, 2.45) is 0 Å². The van der Waals surface area contributed by atoms with Crippen molar-refractivity contribution < 1.29 is 19.7 Å². The summed E-state index contributed by atoms with van der Waals surface area (Å²) in [7, 11) is 2.88. The predicted octanol–water partition coefficient (Wildman–Crippen LogP) is 0.902. The Hall–Kier alpha value is -1.42. The quantitative estimate of drug-likeness (QED) is 0.732. The molecule has 0 fully saturated rings. The van der Waals surface area contributed by atoms with Gasteiger partial charge in [-0.15, -0.1) is 0 Å². The van der Waals surface area contributed by atoms with Crippen molar-refractivity contribution >= 4 is 0 Å². The molecular weight excluding hydrogens is 172 g/mol. The van der Waals surface area contributed by atoms with Gasteiger partial charge in [0.2, 0.25) is 5.75 Å². The largest absolute Gasteiger partial charge is 0.504 e. The summed E-state index contributed by atoms with van der Waals surface area (Å²) in [6.07, 6.45) is 0. The molecule has 0 heterocycles. The number of aliphatic hydroxyl groups is 1. The highest BCUT2D eigenvalue weighted by atomic mass is 16.5. The highest BCUT2D eigenvalue weighted by Crippen LogP contribution is 2.38. The second-order valence-corrected chi connectivity index (χ2v) is 2.47. The maximum absolute atomic E-state index is 9.36. The number of hydrogen-bond donors (Lipinski definition) is 2. The molecule has 0 saturated carbocycles. The van der Waals surface area contributed by atoms with Gasteiger partial charge in [-0.05, 0) is 12.1 Å². The molecular formula is C9H12O4. The number of phenols is 1. The molecule has 0 amide bonds. The summed E-state index contributed by atoms with van der Waals surface area (Å²) in [5.41, 5.74) is 0.581. The minimum absolute atomic E-state index is 0.00319. The molecule has 4 nitrogen and oxygen atoms in total. The maximum atomic E-state index is 9.36. The van der Waals surface area contributed by atoms with Crippen LogP contribution >= 0.6 is 0 Å². The Bertz CT molecular complexity index is 296. The second-order valence-electron chi connectivity index (χ2n) is 2.47. The molecule has 0 aliphatic rings. The van der Waals surface area contributed by atoms with E-state index in [-0.39, 0.29) is 18.1 Å². The topological polar surface area (TPSA) is 58.9 Å². The lowest BCUT2D eigenvalue weighted by Gasteiger charge is -2.12. The molecule has 0 spiro atoms. The smallest absolute Gasteiger partial charge is 0.203 e. The molecule has 2 N–H and O–H groups in total. The van der Waals surface area contributed by atoms with Gasteiger partial charge in [-0.25, -0.2) is 0 Å². The molecule has 0 atom stereocenters. The Morgan fingerprint density at radius 3 is 2.23 bits per heavy atom. The molecule has 13 heavy (non-hydrogen) atoms. The fraction of sp³-hybridized carbons (Fsp3) is 0.333. The van der Waals surface area contributed by atoms with E-state index in [0.29, 0.717) is 11.3 Å². The standard InChI is InChI=1S/C9H12O4/c1-12-8-6(5-10)3-4-7(11)9(8)13-2/h3-4,10-11H,5H2,1-2H3. The van der Waals surface area contributed by atoms with Crippen LogP contribution in [0.15, 0.2) is 12.1 Å². The number of phenolic OH excluding ortho intramolecular Hbond substituents is 1. The molecule has 1 aromatic rings. The summed E-state index contributed by atoms with van der Waals surface area (Å²) in [5.74, 6) is 0.607. The zero-order chi connectivity index (χ0) is 9.84. The number of ether oxygens (including phenoxy) is 2. The minimum Gasteiger partial charge on any atom is -0.504 e. The average molecular weight is 184 g/mol. The first-order chi connectivity index (χ1) is 6.24. The zero-order valence-electron chi connectivity index (χ0n) is 7.57. The van der Waals surface area contributed by atoms with Gasteiger partial charge >= 0.3 is 0 Å². The maximum Gasteiger partial charge on any atom is 0.203 e. The van der Waals surface area contributed by atoms with Crippen LogP contribution < -0.4 is 9.47 Å². The van der Waals surface area contributed by atoms with Crippen LogP contribution in [0.3, 0.4) is 0 Å². The third-order valence-corrected chi connectivity index (χ3v) is 1.75. The Morgan fingerprint density at radius 2 is 1.77 bits per heavy atom. The van der Waals surface area contributed by atoms with Gasteiger partial charge in [-0.1, -0.05) is 0 Å². The number of methoxy groups -OCH3 is 2. The highest BCUT2D eigenvalue weighted by molar-refractivity contribution is 5.54. The monoisotopic (exact) mass is 184 g/mol. The highest BCUT2D eigenvalue weighted by Gasteiger charge is 2.13. The van der Waals surface area contributed by atoms with Gasteiger partial charge in [0.05, 0.1) is 20.8 Å². The summed E-state index contributed by atoms with van der Waals surface area (Å²) in [4.78, 5) is 0. The van der Waals surface area contributed by atoms with Gasteiger partial charge < -0.3 is 19.7 Å². The van der Waals surface area contributed by atoms with Gasteiger partial charge in [-0.3, -0.25) is 0 Å². The van der Waals surface area contributed by atoms with Gasteiger partial charge in [-0.2, -0.15) is 0 Å². The normalized spacial score (nSPS) is 9.77. The van der Waals surface area contributed by atoms with E-state index in [4.69, 9.17) is 14.6 Å². The van der Waals surface area contributed by atoms with Gasteiger partial charge in [0.1, 0.15) is 0 Å². The van der Waals surface area contributed by atoms with Crippen molar-refractivity contribution in [2.75, 3.05) is 14.2 Å². The summed E-state index contributed by atoms with van der Waals surface area (Å²) >= 11 is 0. The van der Waals surface area contributed by atoms with Crippen molar-refractivity contribution in [1.29, 1.82) is 0 Å². The number of rotatable bonds is 3. The van der Waals surface area contributed by atoms with Gasteiger partial charge in [0.25, 0.3) is 0 Å². The fourth-order valence-electron chi connectivity index (χ4n) is 1.14. The molecule has 0 radical (unpaired) electrons. The lowest BCUT2D eigenvalue weighted by atomic mass is 10.2. The molecule has 0 bridgehead atoms. The molecule has 1 rings (SSSR count). The van der Waals surface area contributed by atoms with E-state index in [9.17, 15) is 5.11 Å². The Labute approximate surface area is 76.3 Å². The van der Waals surface area contributed by atoms with Crippen molar-refractivity contribution in [3.63, 3.8) is 0 Å². The Balaban J connectivity index is 3.27. The molecule has 4 heteroatoms. The lowest BCUT2D eigenvalue weighted by molar-refractivity contribution is 0.268. The second kappa shape index (κ2) is 4.00. The van der Waals surface area contributed by atoms with E-state index < -0.39 is 0 Å². The summed E-state index contributed by atoms with van der Waals surface area (Å²) < 4.78 is 9.92. The Kier molecular flexibility index (Phi) is 2.97. The van der Waals surface area contributed by atoms with E-state index in [0.717, 1.165) is 0 Å². The fourth-order valence-corrected chi connectivity index (χ4v) is 1.14. The van der Waals surface area contributed by atoms with E-state index in [1.54, 1.807) is 6.07 Å². The molecule has 0 aliphatic carbocycles. The van der Waals surface area contributed by atoms with Crippen molar-refractivity contribution in [3.05, 3.63) is 17.7 Å². The lowest BCUT2D eigenvalue weighted by Crippen LogP contribution is -1.96. The van der Waals surface area contributed by atoms with Crippen LogP contribution in [0.25, 0.3) is 0 Å².